The molecule has 1 unspecified atom stereocenters. The lowest BCUT2D eigenvalue weighted by atomic mass is 9.98. The highest BCUT2D eigenvalue weighted by Crippen LogP contribution is 2.33. The molecule has 4 aromatic rings. The first-order valence-corrected chi connectivity index (χ1v) is 15.9. The van der Waals surface area contributed by atoms with Crippen LogP contribution < -0.4 is 19.9 Å². The molecule has 1 aliphatic heterocycles. The third-order valence-corrected chi connectivity index (χ3v) is 8.55. The Morgan fingerprint density at radius 3 is 2.22 bits per heavy atom. The normalized spacial score (nSPS) is 14.1. The number of carbonyl (C=O) groups excluding carboxylic acids is 3. The number of carboxylic acid groups (broad SMARTS) is 1. The van der Waals surface area contributed by atoms with E-state index < -0.39 is 23.5 Å². The molecule has 1 aromatic heterocycles. The van der Waals surface area contributed by atoms with Crippen LogP contribution >= 0.6 is 11.6 Å². The minimum atomic E-state index is -1.30. The van der Waals surface area contributed by atoms with Gasteiger partial charge in [0.05, 0.1) is 24.8 Å². The van der Waals surface area contributed by atoms with Crippen LogP contribution in [0.25, 0.3) is 11.1 Å². The Morgan fingerprint density at radius 1 is 0.939 bits per heavy atom. The van der Waals surface area contributed by atoms with Gasteiger partial charge in [-0.3, -0.25) is 19.3 Å². The predicted molar refractivity (Wildman–Crippen MR) is 183 cm³/mol. The van der Waals surface area contributed by atoms with Gasteiger partial charge in [0.15, 0.2) is 11.8 Å². The minimum Gasteiger partial charge on any atom is -0.480 e. The fourth-order valence-electron chi connectivity index (χ4n) is 5.63. The molecule has 0 radical (unpaired) electrons. The molecule has 2 heterocycles. The number of carbonyl (C=O) groups is 4. The van der Waals surface area contributed by atoms with Crippen LogP contribution in [0.2, 0.25) is 5.02 Å². The van der Waals surface area contributed by atoms with Crippen molar-refractivity contribution in [2.24, 2.45) is 0 Å². The van der Waals surface area contributed by atoms with Gasteiger partial charge in [-0.2, -0.15) is 0 Å². The summed E-state index contributed by atoms with van der Waals surface area (Å²) >= 11 is 6.24. The number of ether oxygens (including phenoxy) is 2. The molecule has 1 saturated heterocycles. The van der Waals surface area contributed by atoms with Crippen molar-refractivity contribution in [2.45, 2.75) is 39.3 Å². The van der Waals surface area contributed by atoms with Crippen molar-refractivity contribution in [1.82, 2.24) is 14.7 Å². The van der Waals surface area contributed by atoms with Gasteiger partial charge in [-0.1, -0.05) is 23.7 Å². The van der Waals surface area contributed by atoms with E-state index in [-0.39, 0.29) is 46.9 Å². The maximum atomic E-state index is 13.8. The second-order valence-electron chi connectivity index (χ2n) is 11.8. The summed E-state index contributed by atoms with van der Waals surface area (Å²) in [5.41, 5.74) is 1.52. The summed E-state index contributed by atoms with van der Waals surface area (Å²) in [7, 11) is 1.34. The third-order valence-electron chi connectivity index (χ3n) is 8.31. The Bertz CT molecular complexity index is 1960. The molecule has 49 heavy (non-hydrogen) atoms. The maximum absolute atomic E-state index is 13.8. The minimum absolute atomic E-state index is 0.00435. The van der Waals surface area contributed by atoms with E-state index in [0.717, 1.165) is 11.2 Å². The number of carboxylic acids is 1. The van der Waals surface area contributed by atoms with Crippen molar-refractivity contribution < 1.29 is 33.8 Å². The number of halogens is 1. The number of aromatic carboxylic acids is 1. The van der Waals surface area contributed by atoms with E-state index >= 15 is 0 Å². The van der Waals surface area contributed by atoms with E-state index in [2.05, 4.69) is 10.00 Å². The van der Waals surface area contributed by atoms with Gasteiger partial charge in [-0.25, -0.2) is 14.3 Å². The largest absolute Gasteiger partial charge is 0.480 e. The van der Waals surface area contributed by atoms with Gasteiger partial charge in [0, 0.05) is 47.9 Å². The molecule has 0 aliphatic carbocycles. The number of amides is 1. The Balaban J connectivity index is 1.51. The Morgan fingerprint density at radius 2 is 1.63 bits per heavy atom. The zero-order valence-electron chi connectivity index (χ0n) is 27.4. The number of aromatic nitrogens is 2. The molecular weight excluding hydrogens is 652 g/mol. The lowest BCUT2D eigenvalue weighted by Crippen LogP contribution is -2.52. The quantitative estimate of drug-likeness (QED) is 0.131. The molecule has 0 bridgehead atoms. The summed E-state index contributed by atoms with van der Waals surface area (Å²) in [6.45, 7) is 7.08. The summed E-state index contributed by atoms with van der Waals surface area (Å²) < 4.78 is 12.1. The van der Waals surface area contributed by atoms with Crippen LogP contribution in [0.5, 0.6) is 11.6 Å². The van der Waals surface area contributed by atoms with Crippen molar-refractivity contribution >= 4 is 40.9 Å². The van der Waals surface area contributed by atoms with E-state index in [4.69, 9.17) is 21.1 Å². The second kappa shape index (κ2) is 14.8. The highest BCUT2D eigenvalue weighted by molar-refractivity contribution is 6.31. The molecule has 0 spiro atoms. The molecule has 12 nitrogen and oxygen atoms in total. The van der Waals surface area contributed by atoms with Gasteiger partial charge < -0.3 is 19.5 Å². The highest BCUT2D eigenvalue weighted by atomic mass is 35.5. The first kappa shape index (κ1) is 35.0. The van der Waals surface area contributed by atoms with Crippen molar-refractivity contribution in [3.05, 3.63) is 105 Å². The van der Waals surface area contributed by atoms with E-state index in [1.54, 1.807) is 41.3 Å². The first-order chi connectivity index (χ1) is 23.4. The molecule has 13 heteroatoms. The van der Waals surface area contributed by atoms with Crippen molar-refractivity contribution in [1.29, 1.82) is 0 Å². The van der Waals surface area contributed by atoms with Crippen molar-refractivity contribution in [2.75, 3.05) is 31.6 Å². The standard InChI is InChI=1S/C36H35ClN4O8/c1-21(2)39-15-16-40(33(44)20-39)26-10-5-23(6-11-26)17-31(36(47)49-27-12-7-24(8-13-27)35(45)46)41-32(43)19-30(34(38-41)48-4)29-18-25(37)9-14-28(29)22(3)42/h5-14,18-19,21,31H,15-17,20H2,1-4H3,(H,45,46). The summed E-state index contributed by atoms with van der Waals surface area (Å²) in [5.74, 6) is -2.24. The summed E-state index contributed by atoms with van der Waals surface area (Å²) in [5, 5.41) is 14.0. The number of benzene rings is 3. The Hall–Kier alpha value is -5.33. The second-order valence-corrected chi connectivity index (χ2v) is 12.3. The van der Waals surface area contributed by atoms with Crippen LogP contribution in [0.15, 0.2) is 77.6 Å². The topological polar surface area (TPSA) is 148 Å². The van der Waals surface area contributed by atoms with Gasteiger partial charge >= 0.3 is 11.9 Å². The molecule has 1 atom stereocenters. The summed E-state index contributed by atoms with van der Waals surface area (Å²) in [6.07, 6.45) is -0.0351. The van der Waals surface area contributed by atoms with E-state index in [1.807, 2.05) is 13.8 Å². The number of rotatable bonds is 11. The zero-order chi connectivity index (χ0) is 35.4. The van der Waals surface area contributed by atoms with Crippen LogP contribution in [-0.2, 0) is 16.0 Å². The highest BCUT2D eigenvalue weighted by Gasteiger charge is 2.29. The SMILES string of the molecule is COc1nn(C(Cc2ccc(N3CCN(C(C)C)CC3=O)cc2)C(=O)Oc2ccc(C(=O)O)cc2)c(=O)cc1-c1cc(Cl)ccc1C(C)=O. The van der Waals surface area contributed by atoms with Crippen LogP contribution in [-0.4, -0.2) is 76.2 Å². The number of hydrogen-bond acceptors (Lipinski definition) is 9. The zero-order valence-corrected chi connectivity index (χ0v) is 28.1. The molecule has 254 valence electrons. The van der Waals surface area contributed by atoms with Gasteiger partial charge in [0.25, 0.3) is 5.56 Å². The van der Waals surface area contributed by atoms with Gasteiger partial charge in [0.1, 0.15) is 5.75 Å². The first-order valence-electron chi connectivity index (χ1n) is 15.5. The fraction of sp³-hybridized carbons (Fsp3) is 0.278. The van der Waals surface area contributed by atoms with E-state index in [9.17, 15) is 29.1 Å². The number of ketones is 1. The number of piperazine rings is 1. The number of esters is 1. The molecule has 3 aromatic carbocycles. The molecule has 1 fully saturated rings. The molecule has 0 saturated carbocycles. The van der Waals surface area contributed by atoms with Crippen LogP contribution in [0, 0.1) is 0 Å². The van der Waals surface area contributed by atoms with Crippen LogP contribution in [0.1, 0.15) is 53.1 Å². The third kappa shape index (κ3) is 7.87. The van der Waals surface area contributed by atoms with Gasteiger partial charge in [-0.15, -0.1) is 5.10 Å². The van der Waals surface area contributed by atoms with E-state index in [1.165, 1.54) is 50.4 Å². The van der Waals surface area contributed by atoms with Gasteiger partial charge in [0.2, 0.25) is 11.8 Å². The van der Waals surface area contributed by atoms with Crippen LogP contribution in [0.3, 0.4) is 0 Å². The number of hydrogen-bond donors (Lipinski definition) is 1. The lowest BCUT2D eigenvalue weighted by Gasteiger charge is -2.36. The van der Waals surface area contributed by atoms with Gasteiger partial charge in [-0.05, 0) is 86.5 Å². The van der Waals surface area contributed by atoms with Crippen molar-refractivity contribution in [3.8, 4) is 22.8 Å². The summed E-state index contributed by atoms with van der Waals surface area (Å²) in [6, 6.07) is 17.2. The molecule has 1 amide bonds. The predicted octanol–water partition coefficient (Wildman–Crippen LogP) is 4.92. The Kier molecular flexibility index (Phi) is 10.6. The summed E-state index contributed by atoms with van der Waals surface area (Å²) in [4.78, 5) is 67.9. The van der Waals surface area contributed by atoms with Crippen molar-refractivity contribution in [3.63, 3.8) is 0 Å². The average molecular weight is 687 g/mol. The molecule has 5 rings (SSSR count). The number of methoxy groups -OCH3 is 1. The smallest absolute Gasteiger partial charge is 0.336 e. The maximum Gasteiger partial charge on any atom is 0.336 e. The molecule has 1 aliphatic rings. The Labute approximate surface area is 287 Å². The fourth-order valence-corrected chi connectivity index (χ4v) is 5.80. The monoisotopic (exact) mass is 686 g/mol. The number of nitrogens with zero attached hydrogens (tertiary/aromatic N) is 4. The molecular formula is C36H35ClN4O8. The average Bonchev–Trinajstić information content (AvgIpc) is 3.07. The van der Waals surface area contributed by atoms with Crippen LogP contribution in [0.4, 0.5) is 5.69 Å². The number of anilines is 1. The number of Topliss-reactive ketones (excluding diaryl/α,β-unsaturated/α-hetero) is 1. The lowest BCUT2D eigenvalue weighted by molar-refractivity contribution is -0.138. The molecule has 1 N–H and O–H groups in total. The van der Waals surface area contributed by atoms with E-state index in [0.29, 0.717) is 40.5 Å².